The van der Waals surface area contributed by atoms with Crippen LogP contribution in [0.3, 0.4) is 0 Å². The Morgan fingerprint density at radius 1 is 1.47 bits per heavy atom. The smallest absolute Gasteiger partial charge is 0.320 e. The van der Waals surface area contributed by atoms with Crippen LogP contribution in [-0.4, -0.2) is 17.1 Å². The van der Waals surface area contributed by atoms with Crippen molar-refractivity contribution < 1.29 is 18.7 Å². The van der Waals surface area contributed by atoms with Gasteiger partial charge >= 0.3 is 5.97 Å². The maximum atomic E-state index is 12.8. The molecule has 82 valence electrons. The van der Waals surface area contributed by atoms with Crippen molar-refractivity contribution in [2.24, 2.45) is 5.73 Å². The molecule has 0 aliphatic carbocycles. The maximum absolute atomic E-state index is 12.8. The maximum Gasteiger partial charge on any atom is 0.320 e. The molecule has 0 aliphatic rings. The third kappa shape index (κ3) is 2.73. The van der Waals surface area contributed by atoms with Gasteiger partial charge in [-0.05, 0) is 36.6 Å². The summed E-state index contributed by atoms with van der Waals surface area (Å²) in [5.41, 5.74) is 6.19. The SMILES string of the molecule is Cc1cc(F)c(F)cc1CC(N)C(=O)O. The van der Waals surface area contributed by atoms with E-state index in [-0.39, 0.29) is 6.42 Å². The molecule has 3 nitrogen and oxygen atoms in total. The zero-order chi connectivity index (χ0) is 11.6. The van der Waals surface area contributed by atoms with Crippen LogP contribution in [0.25, 0.3) is 0 Å². The van der Waals surface area contributed by atoms with Gasteiger partial charge in [-0.1, -0.05) is 0 Å². The van der Waals surface area contributed by atoms with Gasteiger partial charge in [0, 0.05) is 0 Å². The highest BCUT2D eigenvalue weighted by atomic mass is 19.2. The van der Waals surface area contributed by atoms with Crippen molar-refractivity contribution in [3.8, 4) is 0 Å². The molecule has 0 amide bonds. The van der Waals surface area contributed by atoms with Gasteiger partial charge in [-0.15, -0.1) is 0 Å². The van der Waals surface area contributed by atoms with Crippen LogP contribution < -0.4 is 5.73 Å². The van der Waals surface area contributed by atoms with E-state index in [2.05, 4.69) is 0 Å². The number of hydrogen-bond acceptors (Lipinski definition) is 2. The molecule has 0 aliphatic heterocycles. The second-order valence-corrected chi connectivity index (χ2v) is 3.34. The largest absolute Gasteiger partial charge is 0.480 e. The molecule has 1 unspecified atom stereocenters. The first-order chi connectivity index (χ1) is 6.91. The molecule has 0 saturated carbocycles. The van der Waals surface area contributed by atoms with E-state index in [1.807, 2.05) is 0 Å². The first-order valence-electron chi connectivity index (χ1n) is 4.34. The van der Waals surface area contributed by atoms with Gasteiger partial charge < -0.3 is 10.8 Å². The van der Waals surface area contributed by atoms with Crippen LogP contribution in [0.1, 0.15) is 11.1 Å². The fourth-order valence-electron chi connectivity index (χ4n) is 1.23. The number of rotatable bonds is 3. The minimum atomic E-state index is -1.17. The number of nitrogens with two attached hydrogens (primary N) is 1. The predicted octanol–water partition coefficient (Wildman–Crippen LogP) is 1.23. The summed E-state index contributed by atoms with van der Waals surface area (Å²) in [6.07, 6.45) is -0.0155. The molecule has 0 heterocycles. The Morgan fingerprint density at radius 3 is 2.53 bits per heavy atom. The molecule has 0 spiro atoms. The van der Waals surface area contributed by atoms with Crippen LogP contribution in [0, 0.1) is 18.6 Å². The van der Waals surface area contributed by atoms with Gasteiger partial charge in [-0.3, -0.25) is 4.79 Å². The lowest BCUT2D eigenvalue weighted by molar-refractivity contribution is -0.138. The van der Waals surface area contributed by atoms with Gasteiger partial charge in [-0.25, -0.2) is 8.78 Å². The van der Waals surface area contributed by atoms with Crippen LogP contribution in [0.2, 0.25) is 0 Å². The summed E-state index contributed by atoms with van der Waals surface area (Å²) in [7, 11) is 0. The van der Waals surface area contributed by atoms with Crippen molar-refractivity contribution in [3.05, 3.63) is 34.9 Å². The summed E-state index contributed by atoms with van der Waals surface area (Å²) in [6.45, 7) is 1.58. The summed E-state index contributed by atoms with van der Waals surface area (Å²) >= 11 is 0. The fraction of sp³-hybridized carbons (Fsp3) is 0.300. The molecule has 3 N–H and O–H groups in total. The highest BCUT2D eigenvalue weighted by Crippen LogP contribution is 2.15. The van der Waals surface area contributed by atoms with Crippen LogP contribution >= 0.6 is 0 Å². The normalized spacial score (nSPS) is 12.5. The molecular weight excluding hydrogens is 204 g/mol. The van der Waals surface area contributed by atoms with Gasteiger partial charge in [0.25, 0.3) is 0 Å². The fourth-order valence-corrected chi connectivity index (χ4v) is 1.23. The summed E-state index contributed by atoms with van der Waals surface area (Å²) in [4.78, 5) is 10.5. The second kappa shape index (κ2) is 4.35. The molecule has 5 heteroatoms. The Morgan fingerprint density at radius 2 is 2.00 bits per heavy atom. The molecule has 1 atom stereocenters. The Bertz CT molecular complexity index is 393. The number of carboxylic acid groups (broad SMARTS) is 1. The zero-order valence-electron chi connectivity index (χ0n) is 8.13. The topological polar surface area (TPSA) is 63.3 Å². The average Bonchev–Trinajstić information content (AvgIpc) is 2.13. The lowest BCUT2D eigenvalue weighted by Gasteiger charge is -2.09. The van der Waals surface area contributed by atoms with Gasteiger partial charge in [0.15, 0.2) is 11.6 Å². The molecule has 0 bridgehead atoms. The second-order valence-electron chi connectivity index (χ2n) is 3.34. The van der Waals surface area contributed by atoms with Crippen molar-refractivity contribution in [3.63, 3.8) is 0 Å². The van der Waals surface area contributed by atoms with Crippen molar-refractivity contribution in [1.29, 1.82) is 0 Å². The molecule has 1 aromatic rings. The van der Waals surface area contributed by atoms with Crippen LogP contribution in [0.4, 0.5) is 8.78 Å². The lowest BCUT2D eigenvalue weighted by Crippen LogP contribution is -2.32. The van der Waals surface area contributed by atoms with Gasteiger partial charge in [0.1, 0.15) is 6.04 Å². The van der Waals surface area contributed by atoms with E-state index in [0.717, 1.165) is 12.1 Å². The van der Waals surface area contributed by atoms with Gasteiger partial charge in [0.2, 0.25) is 0 Å². The van der Waals surface area contributed by atoms with E-state index in [1.54, 1.807) is 6.92 Å². The number of carboxylic acids is 1. The van der Waals surface area contributed by atoms with E-state index in [1.165, 1.54) is 0 Å². The van der Waals surface area contributed by atoms with E-state index in [9.17, 15) is 13.6 Å². The number of carbonyl (C=O) groups is 1. The molecule has 1 aromatic carbocycles. The van der Waals surface area contributed by atoms with E-state index in [0.29, 0.717) is 11.1 Å². The monoisotopic (exact) mass is 215 g/mol. The summed E-state index contributed by atoms with van der Waals surface area (Å²) in [5, 5.41) is 8.57. The Balaban J connectivity index is 2.95. The molecular formula is C10H11F2NO2. The number of aliphatic carboxylic acids is 1. The van der Waals surface area contributed by atoms with Crippen molar-refractivity contribution in [2.75, 3.05) is 0 Å². The number of hydrogen-bond donors (Lipinski definition) is 2. The number of benzene rings is 1. The quantitative estimate of drug-likeness (QED) is 0.797. The zero-order valence-corrected chi connectivity index (χ0v) is 8.13. The van der Waals surface area contributed by atoms with Crippen molar-refractivity contribution >= 4 is 5.97 Å². The van der Waals surface area contributed by atoms with Gasteiger partial charge in [0.05, 0.1) is 0 Å². The first kappa shape index (κ1) is 11.6. The summed E-state index contributed by atoms with van der Waals surface area (Å²) < 4.78 is 25.6. The van der Waals surface area contributed by atoms with Crippen LogP contribution in [0.15, 0.2) is 12.1 Å². The van der Waals surface area contributed by atoms with E-state index >= 15 is 0 Å². The Labute approximate surface area is 85.5 Å². The summed E-state index contributed by atoms with van der Waals surface area (Å²) in [6, 6.07) is 0.903. The molecule has 0 aromatic heterocycles. The summed E-state index contributed by atoms with van der Waals surface area (Å²) in [5.74, 6) is -3.10. The third-order valence-electron chi connectivity index (χ3n) is 2.14. The standard InChI is InChI=1S/C10H11F2NO2/c1-5-2-7(11)8(12)3-6(5)4-9(13)10(14)15/h2-3,9H,4,13H2,1H3,(H,14,15). The molecule has 15 heavy (non-hydrogen) atoms. The van der Waals surface area contributed by atoms with E-state index < -0.39 is 23.6 Å². The highest BCUT2D eigenvalue weighted by Gasteiger charge is 2.15. The highest BCUT2D eigenvalue weighted by molar-refractivity contribution is 5.73. The molecule has 0 fully saturated rings. The van der Waals surface area contributed by atoms with Crippen LogP contribution in [0.5, 0.6) is 0 Å². The number of aryl methyl sites for hydroxylation is 1. The predicted molar refractivity (Wildman–Crippen MR) is 50.4 cm³/mol. The molecule has 0 radical (unpaired) electrons. The van der Waals surface area contributed by atoms with Crippen molar-refractivity contribution in [1.82, 2.24) is 0 Å². The van der Waals surface area contributed by atoms with Gasteiger partial charge in [-0.2, -0.15) is 0 Å². The lowest BCUT2D eigenvalue weighted by atomic mass is 10.0. The molecule has 1 rings (SSSR count). The Kier molecular flexibility index (Phi) is 3.36. The minimum Gasteiger partial charge on any atom is -0.480 e. The minimum absolute atomic E-state index is 0.0155. The average molecular weight is 215 g/mol. The third-order valence-corrected chi connectivity index (χ3v) is 2.14. The Hall–Kier alpha value is -1.49. The first-order valence-corrected chi connectivity index (χ1v) is 4.34. The van der Waals surface area contributed by atoms with E-state index in [4.69, 9.17) is 10.8 Å². The molecule has 0 saturated heterocycles. The van der Waals surface area contributed by atoms with Crippen molar-refractivity contribution in [2.45, 2.75) is 19.4 Å². The number of halogens is 2. The van der Waals surface area contributed by atoms with Crippen LogP contribution in [-0.2, 0) is 11.2 Å².